The lowest BCUT2D eigenvalue weighted by Gasteiger charge is -2.37. The molecule has 2 aromatic carbocycles. The van der Waals surface area contributed by atoms with Gasteiger partial charge in [-0.25, -0.2) is 14.4 Å². The average molecular weight is 1020 g/mol. The molecule has 0 unspecified atom stereocenters. The number of alkyl carbamates (subject to hydrolysis) is 2. The second kappa shape index (κ2) is 29.6. The highest BCUT2D eigenvalue weighted by Crippen LogP contribution is 2.38. The highest BCUT2D eigenvalue weighted by atomic mass is 35.6. The van der Waals surface area contributed by atoms with Gasteiger partial charge in [-0.05, 0) is 115 Å². The predicted molar refractivity (Wildman–Crippen MR) is 282 cm³/mol. The van der Waals surface area contributed by atoms with E-state index in [1.165, 1.54) is 10.5 Å². The van der Waals surface area contributed by atoms with Gasteiger partial charge in [-0.2, -0.15) is 11.1 Å². The maximum absolute atomic E-state index is 12.3. The van der Waals surface area contributed by atoms with E-state index >= 15 is 0 Å². The van der Waals surface area contributed by atoms with E-state index in [1.54, 1.807) is 40.8 Å². The Morgan fingerprint density at radius 1 is 0.716 bits per heavy atom. The first-order valence-electron chi connectivity index (χ1n) is 23.1. The Labute approximate surface area is 417 Å². The fraction of sp³-hybridized carbons (Fsp3) is 0.680. The first kappa shape index (κ1) is 65.7. The minimum Gasteiger partial charge on any atom is -0.463 e. The number of urea groups is 1. The van der Waals surface area contributed by atoms with Gasteiger partial charge in [0.15, 0.2) is 15.7 Å². The molecule has 0 aliphatic rings. The predicted octanol–water partition coefficient (Wildman–Crippen LogP) is 12.3. The minimum absolute atomic E-state index is 0.0519. The highest BCUT2D eigenvalue weighted by molar-refractivity contribution is 7.20. The Hall–Kier alpha value is -3.35. The number of hydrogen-bond donors (Lipinski definition) is 4. The molecule has 17 heteroatoms. The molecule has 0 aliphatic carbocycles. The number of carbonyl (C=O) groups is 4. The smallest absolute Gasteiger partial charge is 0.407 e. The molecule has 67 heavy (non-hydrogen) atoms. The van der Waals surface area contributed by atoms with Crippen molar-refractivity contribution >= 4 is 62.6 Å². The van der Waals surface area contributed by atoms with Gasteiger partial charge in [-0.1, -0.05) is 116 Å². The standard InChI is InChI=1S/C22H27ClN2O3.C14H31NO3Si.C8H17NO3.C6H15ClSi/c1-4-17-9-11-18(12-10-17)13-21(26)28-15-16(2)25(3)22(27)24-14-19-7-5-6-8-20(19)23;1-11(15-12(16)18-13(2,3)4)10-17-19(8,9)14(5,6)7;1-6(5-10)9-7(11)12-8(2,3)4;1-6(2,3)8(4,5)7/h5-12,16H,4,13-15H2,1-3H3,(H,24,27);11H,10H2,1-9H3,(H,15,16);6,10H,5H2,1-4H3,(H,9,11);1-5H3/t16-;11-;6-;/m000./s1. The number of carbonyl (C=O) groups excluding carboxylic acids is 4. The number of rotatable bonds is 14. The van der Waals surface area contributed by atoms with Crippen LogP contribution in [0.2, 0.25) is 41.3 Å². The van der Waals surface area contributed by atoms with Gasteiger partial charge in [-0.3, -0.25) is 4.79 Å². The molecule has 0 saturated heterocycles. The maximum atomic E-state index is 12.3. The number of nitrogens with zero attached hydrogens (tertiary/aromatic N) is 1. The van der Waals surface area contributed by atoms with Crippen LogP contribution in [-0.2, 0) is 42.8 Å². The number of ether oxygens (including phenoxy) is 3. The largest absolute Gasteiger partial charge is 0.463 e. The molecule has 0 heterocycles. The van der Waals surface area contributed by atoms with Crippen LogP contribution in [0, 0.1) is 0 Å². The number of likely N-dealkylation sites (N-methyl/N-ethyl adjacent to an activating group) is 1. The molecule has 0 radical (unpaired) electrons. The monoisotopic (exact) mass is 1020 g/mol. The summed E-state index contributed by atoms with van der Waals surface area (Å²) in [5, 5.41) is 17.8. The molecule has 0 aliphatic heterocycles. The zero-order valence-corrected chi connectivity index (χ0v) is 48.5. The SMILES string of the molecule is CC(C)(C)[Si](C)(C)Cl.CCc1ccc(CC(=O)OC[C@H](C)N(C)C(=O)NCc2ccccc2Cl)cc1.C[C@@H](CO)NC(=O)OC(C)(C)C.C[C@@H](CO[Si](C)(C)C(C)(C)C)NC(=O)OC(C)(C)C. The Kier molecular flexibility index (Phi) is 29.1. The summed E-state index contributed by atoms with van der Waals surface area (Å²) in [7, 11) is -1.47. The van der Waals surface area contributed by atoms with Crippen molar-refractivity contribution in [2.75, 3.05) is 26.9 Å². The normalized spacial score (nSPS) is 13.3. The molecule has 0 fully saturated rings. The lowest BCUT2D eigenvalue weighted by Crippen LogP contribution is -2.46. The molecule has 0 bridgehead atoms. The molecule has 0 spiro atoms. The van der Waals surface area contributed by atoms with E-state index in [1.807, 2.05) is 77.1 Å². The van der Waals surface area contributed by atoms with Crippen molar-refractivity contribution in [3.63, 3.8) is 0 Å². The maximum Gasteiger partial charge on any atom is 0.407 e. The Morgan fingerprint density at radius 3 is 1.57 bits per heavy atom. The molecule has 2 aromatic rings. The molecule has 13 nitrogen and oxygen atoms in total. The number of benzene rings is 2. The van der Waals surface area contributed by atoms with Crippen LogP contribution in [0.25, 0.3) is 0 Å². The number of nitrogens with one attached hydrogen (secondary N) is 3. The second-order valence-corrected chi connectivity index (χ2v) is 34.3. The highest BCUT2D eigenvalue weighted by Gasteiger charge is 2.37. The third-order valence-electron chi connectivity index (χ3n) is 10.7. The average Bonchev–Trinajstić information content (AvgIpc) is 3.16. The van der Waals surface area contributed by atoms with Gasteiger partial charge in [0.1, 0.15) is 17.8 Å². The van der Waals surface area contributed by atoms with Gasteiger partial charge in [0.05, 0.1) is 37.8 Å². The van der Waals surface area contributed by atoms with Crippen LogP contribution < -0.4 is 16.0 Å². The zero-order chi connectivity index (χ0) is 52.8. The molecule has 3 atom stereocenters. The first-order valence-corrected chi connectivity index (χ1v) is 30.4. The van der Waals surface area contributed by atoms with Crippen molar-refractivity contribution in [1.29, 1.82) is 0 Å². The number of aryl methyl sites for hydroxylation is 1. The van der Waals surface area contributed by atoms with E-state index in [9.17, 15) is 19.2 Å². The van der Waals surface area contributed by atoms with Gasteiger partial charge >= 0.3 is 24.2 Å². The molecule has 0 saturated carbocycles. The van der Waals surface area contributed by atoms with Crippen molar-refractivity contribution in [3.8, 4) is 0 Å². The third kappa shape index (κ3) is 31.4. The van der Waals surface area contributed by atoms with Crippen LogP contribution in [0.15, 0.2) is 48.5 Å². The van der Waals surface area contributed by atoms with Crippen LogP contribution in [-0.4, -0.2) is 106 Å². The lowest BCUT2D eigenvalue weighted by molar-refractivity contribution is -0.144. The van der Waals surface area contributed by atoms with E-state index in [2.05, 4.69) is 90.6 Å². The Bertz CT molecular complexity index is 1760. The number of aliphatic hydroxyl groups excluding tert-OH is 1. The summed E-state index contributed by atoms with van der Waals surface area (Å²) in [6, 6.07) is 14.5. The fourth-order valence-electron chi connectivity index (χ4n) is 4.23. The number of hydrogen-bond acceptors (Lipinski definition) is 9. The van der Waals surface area contributed by atoms with Gasteiger partial charge in [0.25, 0.3) is 0 Å². The van der Waals surface area contributed by atoms with Crippen molar-refractivity contribution in [2.24, 2.45) is 0 Å². The molecule has 0 aromatic heterocycles. The van der Waals surface area contributed by atoms with Crippen LogP contribution in [0.1, 0.15) is 127 Å². The molecule has 2 rings (SSSR count). The molecular weight excluding hydrogens is 928 g/mol. The second-order valence-electron chi connectivity index (χ2n) is 21.8. The number of amides is 4. The molecule has 386 valence electrons. The summed E-state index contributed by atoms with van der Waals surface area (Å²) < 4.78 is 21.6. The summed E-state index contributed by atoms with van der Waals surface area (Å²) in [5.74, 6) is -0.305. The molecular formula is C50H90Cl2N4O9Si2. The number of esters is 1. The number of aliphatic hydroxyl groups is 1. The van der Waals surface area contributed by atoms with E-state index < -0.39 is 33.0 Å². The first-order chi connectivity index (χ1) is 30.2. The summed E-state index contributed by atoms with van der Waals surface area (Å²) >= 11 is 12.2. The quantitative estimate of drug-likeness (QED) is 0.0624. The van der Waals surface area contributed by atoms with E-state index in [0.29, 0.717) is 23.2 Å². The summed E-state index contributed by atoms with van der Waals surface area (Å²) in [6.07, 6.45) is 0.301. The minimum atomic E-state index is -1.76. The van der Waals surface area contributed by atoms with Crippen LogP contribution >= 0.6 is 22.7 Å². The van der Waals surface area contributed by atoms with Gasteiger partial charge < -0.3 is 44.6 Å². The van der Waals surface area contributed by atoms with Crippen LogP contribution in [0.5, 0.6) is 0 Å². The van der Waals surface area contributed by atoms with Crippen LogP contribution in [0.3, 0.4) is 0 Å². The Morgan fingerprint density at radius 2 is 1.16 bits per heavy atom. The number of halogens is 2. The van der Waals surface area contributed by atoms with Crippen LogP contribution in [0.4, 0.5) is 14.4 Å². The van der Waals surface area contributed by atoms with Gasteiger partial charge in [0, 0.05) is 18.6 Å². The summed E-state index contributed by atoms with van der Waals surface area (Å²) in [4.78, 5) is 48.5. The zero-order valence-electron chi connectivity index (χ0n) is 45.0. The van der Waals surface area contributed by atoms with Crippen molar-refractivity contribution < 1.29 is 42.9 Å². The fourth-order valence-corrected chi connectivity index (χ4v) is 5.53. The van der Waals surface area contributed by atoms with E-state index in [-0.39, 0.29) is 60.9 Å². The van der Waals surface area contributed by atoms with Gasteiger partial charge in [0.2, 0.25) is 0 Å². The lowest BCUT2D eigenvalue weighted by atomic mass is 10.1. The topological polar surface area (TPSA) is 165 Å². The van der Waals surface area contributed by atoms with E-state index in [4.69, 9.17) is 46.4 Å². The Balaban J connectivity index is 0. The van der Waals surface area contributed by atoms with Crippen molar-refractivity contribution in [2.45, 2.75) is 196 Å². The van der Waals surface area contributed by atoms with E-state index in [0.717, 1.165) is 17.5 Å². The van der Waals surface area contributed by atoms with Crippen molar-refractivity contribution in [3.05, 3.63) is 70.2 Å². The molecule has 4 N–H and O–H groups in total. The summed E-state index contributed by atoms with van der Waals surface area (Å²) in [6.45, 7) is 41.3. The third-order valence-corrected chi connectivity index (χ3v) is 20.9. The van der Waals surface area contributed by atoms with Gasteiger partial charge in [-0.15, -0.1) is 0 Å². The summed E-state index contributed by atoms with van der Waals surface area (Å²) in [5.41, 5.74) is 2.04. The molecule has 4 amide bonds. The van der Waals surface area contributed by atoms with Crippen molar-refractivity contribution in [1.82, 2.24) is 20.9 Å².